The molecule has 1 aromatic heterocycles. The fraction of sp³-hybridized carbons (Fsp3) is 0.222. The predicted molar refractivity (Wildman–Crippen MR) is 52.7 cm³/mol. The van der Waals surface area contributed by atoms with E-state index in [1.54, 1.807) is 30.5 Å². The van der Waals surface area contributed by atoms with Gasteiger partial charge in [0.2, 0.25) is 5.90 Å². The fourth-order valence-electron chi connectivity index (χ4n) is 1.22. The van der Waals surface area contributed by atoms with Crippen LogP contribution in [0.25, 0.3) is 0 Å². The molecule has 2 rings (SSSR count). The second-order valence-electron chi connectivity index (χ2n) is 2.81. The SMILES string of the molecule is C=CC1N=C(C)ON1c1cncnc1. The van der Waals surface area contributed by atoms with Crippen LogP contribution in [-0.4, -0.2) is 22.0 Å². The minimum absolute atomic E-state index is 0.194. The largest absolute Gasteiger partial charge is 0.362 e. The summed E-state index contributed by atoms with van der Waals surface area (Å²) in [6, 6.07) is 0. The third kappa shape index (κ3) is 1.44. The molecular formula is C9H10N4O. The average molecular weight is 190 g/mol. The van der Waals surface area contributed by atoms with Crippen LogP contribution in [0.5, 0.6) is 0 Å². The monoisotopic (exact) mass is 190 g/mol. The lowest BCUT2D eigenvalue weighted by molar-refractivity contribution is 0.279. The predicted octanol–water partition coefficient (Wildman–Crippen LogP) is 1.16. The standard InChI is InChI=1S/C9H10N4O/c1-3-9-12-7(2)14-13(9)8-4-10-6-11-5-8/h3-6,9H,1H2,2H3. The molecule has 1 aliphatic rings. The Morgan fingerprint density at radius 3 is 2.86 bits per heavy atom. The molecule has 14 heavy (non-hydrogen) atoms. The molecule has 0 saturated heterocycles. The van der Waals surface area contributed by atoms with Crippen molar-refractivity contribution in [1.82, 2.24) is 9.97 Å². The van der Waals surface area contributed by atoms with Crippen molar-refractivity contribution < 1.29 is 4.84 Å². The van der Waals surface area contributed by atoms with E-state index in [1.807, 2.05) is 0 Å². The summed E-state index contributed by atoms with van der Waals surface area (Å²) >= 11 is 0. The van der Waals surface area contributed by atoms with E-state index in [0.717, 1.165) is 5.69 Å². The maximum absolute atomic E-state index is 5.38. The molecule has 0 aromatic carbocycles. The van der Waals surface area contributed by atoms with Crippen molar-refractivity contribution in [2.75, 3.05) is 5.06 Å². The summed E-state index contributed by atoms with van der Waals surface area (Å²) in [5.74, 6) is 0.610. The van der Waals surface area contributed by atoms with Crippen LogP contribution in [-0.2, 0) is 4.84 Å². The number of nitrogens with zero attached hydrogens (tertiary/aromatic N) is 4. The third-order valence-corrected chi connectivity index (χ3v) is 1.80. The van der Waals surface area contributed by atoms with Crippen LogP contribution in [0.2, 0.25) is 0 Å². The number of aromatic nitrogens is 2. The van der Waals surface area contributed by atoms with Gasteiger partial charge in [-0.05, 0) is 6.08 Å². The van der Waals surface area contributed by atoms with E-state index in [-0.39, 0.29) is 6.17 Å². The quantitative estimate of drug-likeness (QED) is 0.656. The first-order valence-electron chi connectivity index (χ1n) is 4.20. The van der Waals surface area contributed by atoms with E-state index >= 15 is 0 Å². The van der Waals surface area contributed by atoms with Crippen molar-refractivity contribution in [2.24, 2.45) is 4.99 Å². The van der Waals surface area contributed by atoms with Crippen molar-refractivity contribution in [3.8, 4) is 0 Å². The molecule has 0 radical (unpaired) electrons. The summed E-state index contributed by atoms with van der Waals surface area (Å²) in [4.78, 5) is 17.4. The molecule has 5 heteroatoms. The number of aliphatic imine (C=N–C) groups is 1. The molecule has 0 fully saturated rings. The van der Waals surface area contributed by atoms with Gasteiger partial charge in [-0.25, -0.2) is 15.0 Å². The van der Waals surface area contributed by atoms with Crippen LogP contribution in [0.1, 0.15) is 6.92 Å². The van der Waals surface area contributed by atoms with E-state index in [4.69, 9.17) is 4.84 Å². The molecular weight excluding hydrogens is 180 g/mol. The Hall–Kier alpha value is -1.91. The molecule has 0 amide bonds. The first kappa shape index (κ1) is 8.68. The molecule has 0 saturated carbocycles. The number of hydrogen-bond donors (Lipinski definition) is 0. The zero-order valence-electron chi connectivity index (χ0n) is 7.79. The molecule has 2 heterocycles. The minimum atomic E-state index is -0.194. The van der Waals surface area contributed by atoms with Crippen LogP contribution in [0.4, 0.5) is 5.69 Å². The van der Waals surface area contributed by atoms with Crippen molar-refractivity contribution in [3.05, 3.63) is 31.4 Å². The van der Waals surface area contributed by atoms with Crippen molar-refractivity contribution in [1.29, 1.82) is 0 Å². The lowest BCUT2D eigenvalue weighted by Gasteiger charge is -2.19. The van der Waals surface area contributed by atoms with Gasteiger partial charge >= 0.3 is 0 Å². The summed E-state index contributed by atoms with van der Waals surface area (Å²) in [6.07, 6.45) is 6.30. The van der Waals surface area contributed by atoms with E-state index in [9.17, 15) is 0 Å². The second-order valence-corrected chi connectivity index (χ2v) is 2.81. The minimum Gasteiger partial charge on any atom is -0.362 e. The highest BCUT2D eigenvalue weighted by atomic mass is 16.7. The first-order chi connectivity index (χ1) is 6.81. The molecule has 0 spiro atoms. The Kier molecular flexibility index (Phi) is 2.14. The van der Waals surface area contributed by atoms with Gasteiger partial charge < -0.3 is 4.84 Å². The summed E-state index contributed by atoms with van der Waals surface area (Å²) in [5.41, 5.74) is 0.762. The first-order valence-corrected chi connectivity index (χ1v) is 4.20. The maximum Gasteiger partial charge on any atom is 0.217 e. The average Bonchev–Trinajstić information content (AvgIpc) is 2.61. The molecule has 0 aliphatic carbocycles. The van der Waals surface area contributed by atoms with Gasteiger partial charge in [0.15, 0.2) is 6.17 Å². The fourth-order valence-corrected chi connectivity index (χ4v) is 1.22. The zero-order valence-corrected chi connectivity index (χ0v) is 7.79. The molecule has 0 N–H and O–H groups in total. The van der Waals surface area contributed by atoms with Crippen molar-refractivity contribution in [2.45, 2.75) is 13.1 Å². The van der Waals surface area contributed by atoms with Crippen LogP contribution in [0.3, 0.4) is 0 Å². The molecule has 1 atom stereocenters. The van der Waals surface area contributed by atoms with Gasteiger partial charge in [0, 0.05) is 6.92 Å². The Morgan fingerprint density at radius 2 is 2.21 bits per heavy atom. The Morgan fingerprint density at radius 1 is 1.50 bits per heavy atom. The number of anilines is 1. The van der Waals surface area contributed by atoms with Gasteiger partial charge in [-0.15, -0.1) is 0 Å². The second kappa shape index (κ2) is 3.45. The highest BCUT2D eigenvalue weighted by Gasteiger charge is 2.24. The van der Waals surface area contributed by atoms with Crippen LogP contribution in [0, 0.1) is 0 Å². The van der Waals surface area contributed by atoms with Crippen LogP contribution < -0.4 is 5.06 Å². The molecule has 1 unspecified atom stereocenters. The lowest BCUT2D eigenvalue weighted by Crippen LogP contribution is -2.27. The zero-order chi connectivity index (χ0) is 9.97. The normalized spacial score (nSPS) is 20.2. The van der Waals surface area contributed by atoms with Crippen LogP contribution in [0.15, 0.2) is 36.4 Å². The Labute approximate surface area is 81.7 Å². The van der Waals surface area contributed by atoms with Gasteiger partial charge in [-0.2, -0.15) is 5.06 Å². The topological polar surface area (TPSA) is 50.6 Å². The molecule has 5 nitrogen and oxygen atoms in total. The molecule has 0 bridgehead atoms. The number of hydrogen-bond acceptors (Lipinski definition) is 5. The van der Waals surface area contributed by atoms with Gasteiger partial charge in [-0.1, -0.05) is 6.58 Å². The van der Waals surface area contributed by atoms with E-state index < -0.39 is 0 Å². The Balaban J connectivity index is 2.25. The van der Waals surface area contributed by atoms with Crippen molar-refractivity contribution >= 4 is 11.6 Å². The highest BCUT2D eigenvalue weighted by Crippen LogP contribution is 2.21. The third-order valence-electron chi connectivity index (χ3n) is 1.80. The molecule has 1 aromatic rings. The number of hydroxylamine groups is 1. The van der Waals surface area contributed by atoms with Gasteiger partial charge in [-0.3, -0.25) is 0 Å². The Bertz CT molecular complexity index is 362. The van der Waals surface area contributed by atoms with Crippen molar-refractivity contribution in [3.63, 3.8) is 0 Å². The summed E-state index contributed by atoms with van der Waals surface area (Å²) in [6.45, 7) is 5.48. The van der Waals surface area contributed by atoms with E-state index in [1.165, 1.54) is 6.33 Å². The van der Waals surface area contributed by atoms with Crippen LogP contribution >= 0.6 is 0 Å². The maximum atomic E-state index is 5.38. The van der Waals surface area contributed by atoms with Gasteiger partial charge in [0.1, 0.15) is 12.0 Å². The number of rotatable bonds is 2. The molecule has 1 aliphatic heterocycles. The summed E-state index contributed by atoms with van der Waals surface area (Å²) in [5, 5.41) is 1.61. The van der Waals surface area contributed by atoms with E-state index in [2.05, 4.69) is 21.5 Å². The highest BCUT2D eigenvalue weighted by molar-refractivity contribution is 5.77. The van der Waals surface area contributed by atoms with Gasteiger partial charge in [0.05, 0.1) is 12.4 Å². The molecule has 72 valence electrons. The van der Waals surface area contributed by atoms with Gasteiger partial charge in [0.25, 0.3) is 0 Å². The smallest absolute Gasteiger partial charge is 0.217 e. The summed E-state index contributed by atoms with van der Waals surface area (Å²) in [7, 11) is 0. The van der Waals surface area contributed by atoms with E-state index in [0.29, 0.717) is 5.90 Å². The lowest BCUT2D eigenvalue weighted by atomic mass is 10.4. The summed E-state index contributed by atoms with van der Waals surface area (Å²) < 4.78 is 0.